The Morgan fingerprint density at radius 3 is 2.29 bits per heavy atom. The van der Waals surface area contributed by atoms with Gasteiger partial charge in [0.25, 0.3) is 0 Å². The van der Waals surface area contributed by atoms with Crippen LogP contribution < -0.4 is 10.6 Å². The van der Waals surface area contributed by atoms with Crippen molar-refractivity contribution in [3.05, 3.63) is 22.2 Å². The third kappa shape index (κ3) is 3.41. The topological polar surface area (TPSA) is 49.6 Å². The molecular weight excluding hydrogens is 261 g/mol. The third-order valence-corrected chi connectivity index (χ3v) is 3.07. The fourth-order valence-electron chi connectivity index (χ4n) is 1.31. The van der Waals surface area contributed by atoms with Crippen molar-refractivity contribution in [2.24, 2.45) is 0 Å². The predicted octanol–water partition coefficient (Wildman–Crippen LogP) is 2.10. The number of nitrogens with two attached hydrogens (primary N) is 1. The lowest BCUT2D eigenvalue weighted by Gasteiger charge is -2.22. The number of benzene rings is 1. The number of likely N-dealkylation sites (N-methyl/N-ethyl adjacent to an activating group) is 2. The van der Waals surface area contributed by atoms with Crippen LogP contribution in [0.1, 0.15) is 0 Å². The van der Waals surface area contributed by atoms with Crippen molar-refractivity contribution >= 4 is 40.5 Å². The van der Waals surface area contributed by atoms with Crippen LogP contribution in [0.2, 0.25) is 10.0 Å². The van der Waals surface area contributed by atoms with Crippen LogP contribution in [0.25, 0.3) is 0 Å². The molecular formula is C11H15Cl2N3O. The average Bonchev–Trinajstić information content (AvgIpc) is 2.22. The minimum Gasteiger partial charge on any atom is -0.397 e. The van der Waals surface area contributed by atoms with Gasteiger partial charge in [0.05, 0.1) is 28.0 Å². The van der Waals surface area contributed by atoms with Gasteiger partial charge in [-0.05, 0) is 12.1 Å². The van der Waals surface area contributed by atoms with Crippen molar-refractivity contribution in [2.45, 2.75) is 0 Å². The summed E-state index contributed by atoms with van der Waals surface area (Å²) in [4.78, 5) is 14.8. The lowest BCUT2D eigenvalue weighted by Crippen LogP contribution is -2.34. The molecule has 0 radical (unpaired) electrons. The van der Waals surface area contributed by atoms with E-state index in [1.807, 2.05) is 0 Å². The van der Waals surface area contributed by atoms with E-state index < -0.39 is 0 Å². The Balaban J connectivity index is 2.93. The standard InChI is InChI=1S/C11H15Cl2N3O/c1-15(2)11(17)6-16(3)10-5-8(13)7(12)4-9(10)14/h4-5H,6,14H2,1-3H3. The number of anilines is 2. The van der Waals surface area contributed by atoms with Gasteiger partial charge < -0.3 is 15.5 Å². The van der Waals surface area contributed by atoms with Gasteiger partial charge in [0.2, 0.25) is 5.91 Å². The molecule has 0 aromatic heterocycles. The summed E-state index contributed by atoms with van der Waals surface area (Å²) in [7, 11) is 5.18. The van der Waals surface area contributed by atoms with Crippen molar-refractivity contribution in [1.82, 2.24) is 4.90 Å². The van der Waals surface area contributed by atoms with Crippen LogP contribution in [0, 0.1) is 0 Å². The van der Waals surface area contributed by atoms with E-state index in [1.54, 1.807) is 38.2 Å². The van der Waals surface area contributed by atoms with Crippen LogP contribution in [-0.2, 0) is 4.79 Å². The SMILES string of the molecule is CN(C)C(=O)CN(C)c1cc(Cl)c(Cl)cc1N. The molecule has 0 aliphatic rings. The Hall–Kier alpha value is -1.13. The first-order valence-corrected chi connectivity index (χ1v) is 5.74. The van der Waals surface area contributed by atoms with Gasteiger partial charge in [-0.2, -0.15) is 0 Å². The monoisotopic (exact) mass is 275 g/mol. The van der Waals surface area contributed by atoms with Crippen LogP contribution in [-0.4, -0.2) is 38.5 Å². The first-order valence-electron chi connectivity index (χ1n) is 4.98. The lowest BCUT2D eigenvalue weighted by molar-refractivity contribution is -0.127. The van der Waals surface area contributed by atoms with Crippen LogP contribution in [0.3, 0.4) is 0 Å². The number of hydrogen-bond acceptors (Lipinski definition) is 3. The zero-order chi connectivity index (χ0) is 13.2. The predicted molar refractivity (Wildman–Crippen MR) is 72.8 cm³/mol. The van der Waals surface area contributed by atoms with E-state index in [1.165, 1.54) is 4.90 Å². The highest BCUT2D eigenvalue weighted by atomic mass is 35.5. The lowest BCUT2D eigenvalue weighted by atomic mass is 10.2. The second-order valence-electron chi connectivity index (χ2n) is 3.97. The number of hydrogen-bond donors (Lipinski definition) is 1. The number of carbonyl (C=O) groups is 1. The Kier molecular flexibility index (Phi) is 4.48. The van der Waals surface area contributed by atoms with Crippen LogP contribution in [0.15, 0.2) is 12.1 Å². The van der Waals surface area contributed by atoms with Gasteiger partial charge in [0.15, 0.2) is 0 Å². The van der Waals surface area contributed by atoms with Crippen molar-refractivity contribution < 1.29 is 4.79 Å². The minimum atomic E-state index is -0.0158. The molecule has 94 valence electrons. The Labute approximate surface area is 111 Å². The quantitative estimate of drug-likeness (QED) is 0.860. The van der Waals surface area contributed by atoms with Gasteiger partial charge in [-0.3, -0.25) is 4.79 Å². The fourth-order valence-corrected chi connectivity index (χ4v) is 1.64. The first-order chi connectivity index (χ1) is 7.82. The summed E-state index contributed by atoms with van der Waals surface area (Å²) in [6.07, 6.45) is 0. The molecule has 0 fully saturated rings. The van der Waals surface area contributed by atoms with Gasteiger partial charge >= 0.3 is 0 Å². The summed E-state index contributed by atoms with van der Waals surface area (Å²) in [6, 6.07) is 3.23. The van der Waals surface area contributed by atoms with Gasteiger partial charge in [0.1, 0.15) is 0 Å². The maximum atomic E-state index is 11.6. The van der Waals surface area contributed by atoms with E-state index >= 15 is 0 Å². The third-order valence-electron chi connectivity index (χ3n) is 2.35. The van der Waals surface area contributed by atoms with E-state index in [2.05, 4.69) is 0 Å². The van der Waals surface area contributed by atoms with Crippen molar-refractivity contribution in [2.75, 3.05) is 38.3 Å². The zero-order valence-corrected chi connectivity index (χ0v) is 11.5. The minimum absolute atomic E-state index is 0.0158. The molecule has 0 unspecified atom stereocenters. The van der Waals surface area contributed by atoms with Gasteiger partial charge in [-0.25, -0.2) is 0 Å². The Morgan fingerprint density at radius 1 is 1.24 bits per heavy atom. The van der Waals surface area contributed by atoms with E-state index in [-0.39, 0.29) is 12.5 Å². The number of amides is 1. The highest BCUT2D eigenvalue weighted by molar-refractivity contribution is 6.42. The Bertz CT molecular complexity index is 435. The van der Waals surface area contributed by atoms with Gasteiger partial charge in [0, 0.05) is 21.1 Å². The highest BCUT2D eigenvalue weighted by Crippen LogP contribution is 2.32. The maximum Gasteiger partial charge on any atom is 0.241 e. The number of rotatable bonds is 3. The molecule has 0 saturated heterocycles. The smallest absolute Gasteiger partial charge is 0.241 e. The van der Waals surface area contributed by atoms with Crippen molar-refractivity contribution in [3.63, 3.8) is 0 Å². The largest absolute Gasteiger partial charge is 0.397 e. The second kappa shape index (κ2) is 5.47. The molecule has 1 aromatic carbocycles. The van der Waals surface area contributed by atoms with Crippen molar-refractivity contribution in [1.29, 1.82) is 0 Å². The molecule has 0 bridgehead atoms. The van der Waals surface area contributed by atoms with E-state index in [9.17, 15) is 4.79 Å². The summed E-state index contributed by atoms with van der Waals surface area (Å²) < 4.78 is 0. The molecule has 0 atom stereocenters. The maximum absolute atomic E-state index is 11.6. The average molecular weight is 276 g/mol. The molecule has 0 heterocycles. The molecule has 0 saturated carbocycles. The summed E-state index contributed by atoms with van der Waals surface area (Å²) in [5.41, 5.74) is 7.02. The molecule has 0 aliphatic heterocycles. The number of nitrogens with zero attached hydrogens (tertiary/aromatic N) is 2. The highest BCUT2D eigenvalue weighted by Gasteiger charge is 2.13. The fraction of sp³-hybridized carbons (Fsp3) is 0.364. The van der Waals surface area contributed by atoms with Crippen LogP contribution in [0.4, 0.5) is 11.4 Å². The number of halogens is 2. The van der Waals surface area contributed by atoms with E-state index in [4.69, 9.17) is 28.9 Å². The molecule has 1 rings (SSSR count). The van der Waals surface area contributed by atoms with Gasteiger partial charge in [-0.15, -0.1) is 0 Å². The second-order valence-corrected chi connectivity index (χ2v) is 4.78. The molecule has 17 heavy (non-hydrogen) atoms. The molecule has 0 spiro atoms. The van der Waals surface area contributed by atoms with Crippen LogP contribution in [0.5, 0.6) is 0 Å². The summed E-state index contributed by atoms with van der Waals surface area (Å²) in [6.45, 7) is 0.231. The molecule has 4 nitrogen and oxygen atoms in total. The zero-order valence-electron chi connectivity index (χ0n) is 10.00. The summed E-state index contributed by atoms with van der Waals surface area (Å²) in [5.74, 6) is -0.0158. The normalized spacial score (nSPS) is 10.2. The summed E-state index contributed by atoms with van der Waals surface area (Å²) >= 11 is 11.8. The van der Waals surface area contributed by atoms with Crippen molar-refractivity contribution in [3.8, 4) is 0 Å². The first kappa shape index (κ1) is 13.9. The Morgan fingerprint density at radius 2 is 1.76 bits per heavy atom. The van der Waals surface area contributed by atoms with E-state index in [0.29, 0.717) is 21.4 Å². The molecule has 0 aliphatic carbocycles. The van der Waals surface area contributed by atoms with E-state index in [0.717, 1.165) is 0 Å². The molecule has 2 N–H and O–H groups in total. The number of carbonyl (C=O) groups excluding carboxylic acids is 1. The molecule has 1 amide bonds. The number of nitrogen functional groups attached to an aromatic ring is 1. The molecule has 1 aromatic rings. The van der Waals surface area contributed by atoms with Crippen LogP contribution >= 0.6 is 23.2 Å². The molecule has 6 heteroatoms. The van der Waals surface area contributed by atoms with Gasteiger partial charge in [-0.1, -0.05) is 23.2 Å². The summed E-state index contributed by atoms with van der Waals surface area (Å²) in [5, 5.41) is 0.820.